The van der Waals surface area contributed by atoms with Crippen LogP contribution in [0.15, 0.2) is 128 Å². The summed E-state index contributed by atoms with van der Waals surface area (Å²) in [4.78, 5) is 129. The molecule has 21 nitrogen and oxygen atoms in total. The Kier molecular flexibility index (Phi) is 21.7. The molecule has 6 aliphatic rings. The fraction of sp³-hybridized carbons (Fsp3) is 0.395. The second kappa shape index (κ2) is 31.1. The van der Waals surface area contributed by atoms with Gasteiger partial charge in [-0.25, -0.2) is 9.69 Å². The summed E-state index contributed by atoms with van der Waals surface area (Å²) >= 11 is 0. The molecule has 5 aliphatic heterocycles. The van der Waals surface area contributed by atoms with E-state index in [-0.39, 0.29) is 134 Å². The predicted octanol–water partition coefficient (Wildman–Crippen LogP) is 10.6. The Morgan fingerprint density at radius 3 is 2.09 bits per heavy atom. The third-order valence-corrected chi connectivity index (χ3v) is 20.4. The highest BCUT2D eigenvalue weighted by Crippen LogP contribution is 2.57. The van der Waals surface area contributed by atoms with Gasteiger partial charge in [0, 0.05) is 92.4 Å². The molecule has 1 aliphatic carbocycles. The summed E-state index contributed by atoms with van der Waals surface area (Å²) in [5.41, 5.74) is 9.21. The minimum Gasteiger partial charge on any atom is -0.493 e. The predicted molar refractivity (Wildman–Crippen MR) is 381 cm³/mol. The van der Waals surface area contributed by atoms with Gasteiger partial charge in [-0.1, -0.05) is 110 Å². The summed E-state index contributed by atoms with van der Waals surface area (Å²) in [5.74, 6) is 3.93. The maximum Gasteiger partial charge on any atom is 0.416 e. The van der Waals surface area contributed by atoms with Crippen molar-refractivity contribution in [3.05, 3.63) is 183 Å². The number of carbonyl (C=O) groups excluding carboxylic acids is 9. The number of nitrogens with zero attached hydrogens (tertiary/aromatic N) is 4. The number of anilines is 2. The highest BCUT2D eigenvalue weighted by atomic mass is 16.6. The van der Waals surface area contributed by atoms with E-state index in [1.807, 2.05) is 65.7 Å². The van der Waals surface area contributed by atoms with Gasteiger partial charge in [-0.05, 0) is 133 Å². The quantitative estimate of drug-likeness (QED) is 0.0320. The number of rotatable bonds is 27. The highest BCUT2D eigenvalue weighted by molar-refractivity contribution is 6.06. The molecular weight excluding hydrogens is 1300 g/mol. The first kappa shape index (κ1) is 71.2. The molecule has 1 saturated heterocycles. The van der Waals surface area contributed by atoms with E-state index in [1.165, 1.54) is 31.9 Å². The van der Waals surface area contributed by atoms with Gasteiger partial charge in [0.15, 0.2) is 40.8 Å². The van der Waals surface area contributed by atoms with Crippen molar-refractivity contribution >= 4 is 69.9 Å². The van der Waals surface area contributed by atoms with Crippen LogP contribution in [-0.4, -0.2) is 133 Å². The third-order valence-electron chi connectivity index (χ3n) is 20.4. The van der Waals surface area contributed by atoms with Crippen LogP contribution < -0.4 is 39.4 Å². The van der Waals surface area contributed by atoms with Crippen LogP contribution in [0.3, 0.4) is 0 Å². The Hall–Kier alpha value is -10.6. The molecule has 0 aromatic heterocycles. The lowest BCUT2D eigenvalue weighted by molar-refractivity contribution is -0.133. The van der Waals surface area contributed by atoms with E-state index < -0.39 is 47.9 Å². The standard InChI is InChI=1S/C81H86N6O15/c1-49(2)63(39-62(89)44-82-74(91)30-28-61(88)29-31-75(92)85-45-58-14-8-7-12-54(58)24-25-56-13-9-10-15-66(56)85)76(93)83-51(4)69(90)36-52-18-20-53(21-19-52)47-102-80(97)87-67-42-73(71(99-6)41-65(67)78(95)86-48-81(32-33-81)43-68(86)79(87)96)101-35-11-34-100-72-38-57-26-27-60-37-59(55-22-16-50(3)17-23-55)46-84(60)77(94)64(57)40-70(72)98-5/h7-10,12-23,38,40-42,46,49,51,60,63,68,79,96H,11,26-37,39,43-45,47-48H2,1-6H3,(H,82,91)(H,83,93)/t51-,60+,63-,68-,79?/m0/s1. The van der Waals surface area contributed by atoms with E-state index in [0.717, 1.165) is 58.4 Å². The fourth-order valence-electron chi connectivity index (χ4n) is 14.2. The van der Waals surface area contributed by atoms with Crippen LogP contribution in [0.5, 0.6) is 23.0 Å². The molecular formula is C81H86N6O15. The van der Waals surface area contributed by atoms with Crippen LogP contribution >= 0.6 is 0 Å². The molecule has 2 fully saturated rings. The number of benzene rings is 6. The lowest BCUT2D eigenvalue weighted by Crippen LogP contribution is -2.50. The van der Waals surface area contributed by atoms with Crippen molar-refractivity contribution in [1.82, 2.24) is 20.4 Å². The van der Waals surface area contributed by atoms with Gasteiger partial charge in [-0.2, -0.15) is 0 Å². The number of fused-ring (bicyclic) bond motifs is 6. The molecule has 6 amide bonds. The Balaban J connectivity index is 0.605. The monoisotopic (exact) mass is 1380 g/mol. The molecule has 530 valence electrons. The number of ether oxygens (including phenoxy) is 5. The molecule has 12 rings (SSSR count). The molecule has 102 heavy (non-hydrogen) atoms. The number of aryl methyl sites for hydroxylation is 2. The number of carbonyl (C=O) groups is 9. The number of hydrogen-bond donors (Lipinski definition) is 3. The summed E-state index contributed by atoms with van der Waals surface area (Å²) in [7, 11) is 2.99. The van der Waals surface area contributed by atoms with Crippen LogP contribution in [0.1, 0.15) is 157 Å². The van der Waals surface area contributed by atoms with Gasteiger partial charge >= 0.3 is 6.09 Å². The maximum atomic E-state index is 14.5. The topological polar surface area (TPSA) is 257 Å². The second-order valence-electron chi connectivity index (χ2n) is 27.9. The summed E-state index contributed by atoms with van der Waals surface area (Å²) < 4.78 is 30.1. The van der Waals surface area contributed by atoms with Crippen molar-refractivity contribution < 1.29 is 71.9 Å². The first-order chi connectivity index (χ1) is 49.2. The molecule has 21 heteroatoms. The zero-order valence-corrected chi connectivity index (χ0v) is 58.5. The molecule has 5 atom stereocenters. The first-order valence-corrected chi connectivity index (χ1v) is 35.1. The summed E-state index contributed by atoms with van der Waals surface area (Å²) in [6, 6.07) is 35.2. The van der Waals surface area contributed by atoms with Crippen molar-refractivity contribution in [3.63, 3.8) is 0 Å². The first-order valence-electron chi connectivity index (χ1n) is 35.1. The number of ketones is 3. The van der Waals surface area contributed by atoms with Gasteiger partial charge in [0.25, 0.3) is 11.8 Å². The van der Waals surface area contributed by atoms with Crippen LogP contribution in [-0.2, 0) is 59.5 Å². The Labute approximate surface area is 593 Å². The van der Waals surface area contributed by atoms with E-state index in [2.05, 4.69) is 53.7 Å². The minimum absolute atomic E-state index is 0.0390. The zero-order valence-electron chi connectivity index (χ0n) is 58.5. The SMILES string of the molecule is COc1cc2c(cc1OCCCOc1cc3c(cc1OC)C(=O)N1CC4(CC4)C[C@H]1C(O)N3C(=O)OCc1ccc(CC(=O)[C@H](C)NC(=O)[C@@H](CC(=O)CNC(=O)CCC(=O)CCC(=O)N3Cc4ccccc4C#Cc4ccccc43)C(C)C)cc1)CC[C@@H]1CC(c3ccc(C)cc3)=CN1C2=O. The van der Waals surface area contributed by atoms with Gasteiger partial charge in [0.1, 0.15) is 12.4 Å². The molecule has 6 aromatic rings. The highest BCUT2D eigenvalue weighted by Gasteiger charge is 2.58. The van der Waals surface area contributed by atoms with E-state index in [9.17, 15) is 48.3 Å². The Morgan fingerprint density at radius 1 is 0.706 bits per heavy atom. The minimum atomic E-state index is -1.48. The number of hydrogen-bond acceptors (Lipinski definition) is 15. The fourth-order valence-corrected chi connectivity index (χ4v) is 14.2. The molecule has 1 saturated carbocycles. The average molecular weight is 1380 g/mol. The van der Waals surface area contributed by atoms with Gasteiger partial charge in [0.2, 0.25) is 17.7 Å². The van der Waals surface area contributed by atoms with Gasteiger partial charge in [-0.3, -0.25) is 38.4 Å². The number of aliphatic hydroxyl groups excluding tert-OH is 1. The number of para-hydroxylation sites is 1. The molecule has 0 bridgehead atoms. The van der Waals surface area contributed by atoms with Crippen molar-refractivity contribution in [2.75, 3.05) is 50.3 Å². The Morgan fingerprint density at radius 2 is 1.37 bits per heavy atom. The van der Waals surface area contributed by atoms with Gasteiger partial charge < -0.3 is 54.1 Å². The largest absolute Gasteiger partial charge is 0.493 e. The van der Waals surface area contributed by atoms with Crippen molar-refractivity contribution in [1.29, 1.82) is 0 Å². The summed E-state index contributed by atoms with van der Waals surface area (Å²) in [6.45, 7) is 7.66. The van der Waals surface area contributed by atoms with Crippen LogP contribution in [0.25, 0.3) is 5.57 Å². The zero-order chi connectivity index (χ0) is 71.9. The average Bonchev–Trinajstić information content (AvgIpc) is 1.51. The number of Topliss-reactive ketones (excluding diaryl/α,β-unsaturated/α-hetero) is 3. The Bertz CT molecular complexity index is 4360. The van der Waals surface area contributed by atoms with Crippen LogP contribution in [0, 0.1) is 36.0 Å². The lowest BCUT2D eigenvalue weighted by atomic mass is 9.89. The molecule has 0 radical (unpaired) electrons. The third kappa shape index (κ3) is 16.1. The number of nitrogens with one attached hydrogen (secondary N) is 2. The number of methoxy groups -OCH3 is 2. The van der Waals surface area contributed by atoms with Crippen molar-refractivity contribution in [3.8, 4) is 34.8 Å². The van der Waals surface area contributed by atoms with Crippen LogP contribution in [0.4, 0.5) is 16.2 Å². The maximum absolute atomic E-state index is 14.5. The van der Waals surface area contributed by atoms with Gasteiger partial charge in [-0.15, -0.1) is 0 Å². The summed E-state index contributed by atoms with van der Waals surface area (Å²) in [5, 5.41) is 17.5. The van der Waals surface area contributed by atoms with E-state index in [1.54, 1.807) is 60.9 Å². The smallest absolute Gasteiger partial charge is 0.416 e. The number of aliphatic hydroxyl groups is 1. The van der Waals surface area contributed by atoms with E-state index in [4.69, 9.17) is 23.7 Å². The summed E-state index contributed by atoms with van der Waals surface area (Å²) in [6.07, 6.45) is 3.83. The second-order valence-corrected chi connectivity index (χ2v) is 27.9. The van der Waals surface area contributed by atoms with E-state index in [0.29, 0.717) is 71.8 Å². The normalized spacial score (nSPS) is 18.0. The van der Waals surface area contributed by atoms with Crippen molar-refractivity contribution in [2.24, 2.45) is 17.3 Å². The van der Waals surface area contributed by atoms with E-state index >= 15 is 0 Å². The van der Waals surface area contributed by atoms with Crippen LogP contribution in [0.2, 0.25) is 0 Å². The molecule has 1 spiro atoms. The molecule has 6 aromatic carbocycles. The number of amides is 6. The van der Waals surface area contributed by atoms with Gasteiger partial charge in [0.05, 0.1) is 69.5 Å². The lowest BCUT2D eigenvalue weighted by Gasteiger charge is -2.31. The van der Waals surface area contributed by atoms with Crippen molar-refractivity contribution in [2.45, 2.75) is 149 Å². The molecule has 5 heterocycles. The molecule has 3 N–H and O–H groups in total. The molecule has 1 unspecified atom stereocenters.